The summed E-state index contributed by atoms with van der Waals surface area (Å²) in [5.74, 6) is -1.61. The third-order valence-corrected chi connectivity index (χ3v) is 17.5. The molecule has 2 amide bonds. The molecule has 27 nitrogen and oxygen atoms in total. The predicted octanol–water partition coefficient (Wildman–Crippen LogP) is -2.27. The van der Waals surface area contributed by atoms with Gasteiger partial charge in [-0.05, 0) is 71.7 Å². The highest BCUT2D eigenvalue weighted by molar-refractivity contribution is 5.91. The van der Waals surface area contributed by atoms with Gasteiger partial charge in [-0.25, -0.2) is 9.59 Å². The highest BCUT2D eigenvalue weighted by Gasteiger charge is 2.54. The van der Waals surface area contributed by atoms with Gasteiger partial charge in [0.2, 0.25) is 5.91 Å². The van der Waals surface area contributed by atoms with Crippen LogP contribution in [0.4, 0.5) is 4.79 Å². The molecule has 1 saturated carbocycles. The van der Waals surface area contributed by atoms with Gasteiger partial charge in [0, 0.05) is 61.2 Å². The number of benzene rings is 4. The monoisotopic (exact) mass is 1240 g/mol. The number of H-pyrrole nitrogens is 1. The van der Waals surface area contributed by atoms with E-state index in [1.165, 1.54) is 0 Å². The van der Waals surface area contributed by atoms with Crippen molar-refractivity contribution in [3.05, 3.63) is 132 Å². The van der Waals surface area contributed by atoms with Gasteiger partial charge in [0.05, 0.1) is 18.2 Å². The number of alkyl carbamates (subject to hydrolysis) is 1. The van der Waals surface area contributed by atoms with Gasteiger partial charge in [0.1, 0.15) is 92.4 Å². The van der Waals surface area contributed by atoms with Gasteiger partial charge < -0.3 is 124 Å². The Hall–Kier alpha value is -6.13. The number of hydrogen-bond acceptors (Lipinski definition) is 24. The van der Waals surface area contributed by atoms with Crippen LogP contribution in [0.3, 0.4) is 0 Å². The molecule has 0 unspecified atom stereocenters. The summed E-state index contributed by atoms with van der Waals surface area (Å²) in [7, 11) is 0. The van der Waals surface area contributed by atoms with Crippen LogP contribution in [0.1, 0.15) is 53.9 Å². The number of aromatic amines is 1. The molecule has 0 radical (unpaired) electrons. The summed E-state index contributed by atoms with van der Waals surface area (Å²) in [6.45, 7) is -0.284. The Balaban J connectivity index is 0.833. The summed E-state index contributed by atoms with van der Waals surface area (Å²) in [5.41, 5.74) is 43.6. The molecule has 3 saturated heterocycles. The van der Waals surface area contributed by atoms with Gasteiger partial charge in [0.25, 0.3) is 0 Å². The molecular formula is C62H84N10O17. The number of amides is 2. The van der Waals surface area contributed by atoms with E-state index in [1.54, 1.807) is 6.20 Å². The van der Waals surface area contributed by atoms with Crippen molar-refractivity contribution in [3.63, 3.8) is 0 Å². The maximum Gasteiger partial charge on any atom is 0.407 e. The van der Waals surface area contributed by atoms with Crippen LogP contribution in [0.2, 0.25) is 0 Å². The average molecular weight is 1240 g/mol. The number of nitrogens with one attached hydrogen (secondary N) is 4. The first-order valence-corrected chi connectivity index (χ1v) is 30.3. The number of nitrogens with two attached hydrogens (primary N) is 6. The van der Waals surface area contributed by atoms with E-state index in [4.69, 9.17) is 72.3 Å². The molecule has 2 aliphatic carbocycles. The second-order valence-electron chi connectivity index (χ2n) is 23.5. The van der Waals surface area contributed by atoms with Crippen molar-refractivity contribution in [1.82, 2.24) is 20.9 Å². The molecule has 4 heterocycles. The van der Waals surface area contributed by atoms with E-state index in [-0.39, 0.29) is 64.6 Å². The van der Waals surface area contributed by atoms with E-state index < -0.39 is 146 Å². The maximum atomic E-state index is 14.7. The third-order valence-electron chi connectivity index (χ3n) is 17.5. The highest BCUT2D eigenvalue weighted by atomic mass is 16.8. The smallest absolute Gasteiger partial charge is 0.407 e. The zero-order valence-corrected chi connectivity index (χ0v) is 49.0. The van der Waals surface area contributed by atoms with Crippen LogP contribution >= 0.6 is 0 Å². The minimum Gasteiger partial charge on any atom is -0.459 e. The number of aliphatic hydroxyl groups is 6. The van der Waals surface area contributed by atoms with Crippen molar-refractivity contribution in [2.45, 2.75) is 173 Å². The molecule has 10 rings (SSSR count). The second-order valence-corrected chi connectivity index (χ2v) is 23.5. The minimum absolute atomic E-state index is 0.0240. The van der Waals surface area contributed by atoms with Crippen molar-refractivity contribution >= 4 is 28.9 Å². The quantitative estimate of drug-likeness (QED) is 0.0216. The molecule has 4 fully saturated rings. The van der Waals surface area contributed by atoms with E-state index in [9.17, 15) is 45.0 Å². The Morgan fingerprint density at radius 1 is 0.596 bits per heavy atom. The Morgan fingerprint density at radius 2 is 1.18 bits per heavy atom. The van der Waals surface area contributed by atoms with Crippen molar-refractivity contribution in [1.29, 1.82) is 0 Å². The lowest BCUT2D eigenvalue weighted by Gasteiger charge is -2.47. The number of carbonyl (C=O) groups excluding carboxylic acids is 3. The van der Waals surface area contributed by atoms with Crippen molar-refractivity contribution in [2.24, 2.45) is 34.4 Å². The predicted molar refractivity (Wildman–Crippen MR) is 320 cm³/mol. The highest BCUT2D eigenvalue weighted by Crippen LogP contribution is 2.45. The topological polar surface area (TPSA) is 454 Å². The summed E-state index contributed by atoms with van der Waals surface area (Å²) in [4.78, 5) is 45.9. The molecular weight excluding hydrogens is 1160 g/mol. The van der Waals surface area contributed by atoms with E-state index in [2.05, 4.69) is 20.9 Å². The summed E-state index contributed by atoms with van der Waals surface area (Å²) in [5, 5.41) is 76.3. The second kappa shape index (κ2) is 29.9. The first-order valence-electron chi connectivity index (χ1n) is 30.3. The Bertz CT molecular complexity index is 3090. The summed E-state index contributed by atoms with van der Waals surface area (Å²) < 4.78 is 48.7. The summed E-state index contributed by atoms with van der Waals surface area (Å²) in [6.07, 6.45) is -19.0. The zero-order chi connectivity index (χ0) is 63.0. The standard InChI is InChI=1S/C62H84N10O17/c63-24-43-49(74)51(76)46(67)59(84-43)87-54-39(66)23-38(65)48(73)56(54)89-61-53(78)55(88-60-47(68)52(77)50(75)44(25-64)85-60)45(86-61)27-69-21-11-10-20-41(72-62(81)83-29-37-35-17-6-4-15-33(35)34-16-5-7-18-36(34)37)57(79)71-42(58(80)82-28-30-12-2-1-3-13-30)22-31-26-70-40-19-9-8-14-32(31)40/h1-9,12-19,26,37-39,41-56,59-61,69-70,73-78H,10-11,20-25,27-29,63-68H2,(H,71,79)(H,72,81)/t38-,39+,41+,42+,43-,44+,45-,46-,47-,48+,49-,50-,51-,52-,53-,54-,55-,56-,59-,60-,61+/m1/s1. The van der Waals surface area contributed by atoms with Crippen LogP contribution in [0.15, 0.2) is 109 Å². The third kappa shape index (κ3) is 15.0. The number of rotatable bonds is 25. The maximum absolute atomic E-state index is 14.7. The number of unbranched alkanes of at least 4 members (excludes halogenated alkanes) is 1. The first kappa shape index (κ1) is 65.8. The van der Waals surface area contributed by atoms with Gasteiger partial charge in [-0.1, -0.05) is 97.1 Å². The van der Waals surface area contributed by atoms with Crippen LogP contribution in [0, 0.1) is 0 Å². The number of ether oxygens (including phenoxy) is 8. The first-order chi connectivity index (χ1) is 42.9. The zero-order valence-electron chi connectivity index (χ0n) is 49.0. The fourth-order valence-electron chi connectivity index (χ4n) is 12.5. The van der Waals surface area contributed by atoms with Crippen LogP contribution in [-0.2, 0) is 60.5 Å². The van der Waals surface area contributed by atoms with Gasteiger partial charge in [-0.15, -0.1) is 0 Å². The van der Waals surface area contributed by atoms with Crippen LogP contribution in [-0.4, -0.2) is 215 Å². The molecule has 5 aromatic rings. The number of aromatic nitrogens is 1. The fourth-order valence-corrected chi connectivity index (χ4v) is 12.5. The van der Waals surface area contributed by atoms with Crippen molar-refractivity contribution in [3.8, 4) is 11.1 Å². The molecule has 21 atom stereocenters. The molecule has 3 aliphatic heterocycles. The molecule has 484 valence electrons. The van der Waals surface area contributed by atoms with Crippen LogP contribution < -0.4 is 50.4 Å². The number of aliphatic hydroxyl groups excluding tert-OH is 6. The summed E-state index contributed by atoms with van der Waals surface area (Å²) >= 11 is 0. The number of esters is 1. The SMILES string of the molecule is NC[C@@H]1O[C@H](O[C@H]2[C@@H](O)[C@H](O[C@@H]3[C@@H](O)[C@H](N)C[C@H](N)[C@H]3O[C@H]3O[C@H](CN)[C@@H](O)[C@H](O)[C@H]3N)O[C@@H]2CNCCCC[C@H](NC(=O)OCC2c3ccccc3-c3ccccc32)C(=O)N[C@@H](Cc2c[nH]c3ccccc23)C(=O)OCc2ccccc2)[C@H](N)[C@@H](O)[C@@H]1O. The number of hydrogen-bond donors (Lipinski definition) is 16. The Kier molecular flexibility index (Phi) is 22.1. The molecule has 1 aromatic heterocycles. The van der Waals surface area contributed by atoms with E-state index in [0.29, 0.717) is 12.8 Å². The average Bonchev–Trinajstić information content (AvgIpc) is 1.80. The largest absolute Gasteiger partial charge is 0.459 e. The van der Waals surface area contributed by atoms with Crippen molar-refractivity contribution in [2.75, 3.05) is 32.8 Å². The number of carbonyl (C=O) groups is 3. The summed E-state index contributed by atoms with van der Waals surface area (Å²) in [6, 6.07) is 25.6. The minimum atomic E-state index is -1.68. The molecule has 0 bridgehead atoms. The van der Waals surface area contributed by atoms with Crippen LogP contribution in [0.5, 0.6) is 0 Å². The number of fused-ring (bicyclic) bond motifs is 4. The molecule has 5 aliphatic rings. The van der Waals surface area contributed by atoms with Gasteiger partial charge in [0.15, 0.2) is 18.9 Å². The molecule has 27 heteroatoms. The lowest BCUT2D eigenvalue weighted by molar-refractivity contribution is -0.306. The van der Waals surface area contributed by atoms with Crippen molar-refractivity contribution < 1.29 is 82.9 Å². The lowest BCUT2D eigenvalue weighted by Crippen LogP contribution is -2.68. The molecule has 0 spiro atoms. The molecule has 4 aromatic carbocycles. The Morgan fingerprint density at radius 3 is 1.83 bits per heavy atom. The van der Waals surface area contributed by atoms with Gasteiger partial charge >= 0.3 is 12.1 Å². The normalized spacial score (nSPS) is 32.6. The van der Waals surface area contributed by atoms with Crippen LogP contribution in [0.25, 0.3) is 22.0 Å². The van der Waals surface area contributed by atoms with Gasteiger partial charge in [-0.2, -0.15) is 0 Å². The van der Waals surface area contributed by atoms with E-state index in [0.717, 1.165) is 44.3 Å². The lowest BCUT2D eigenvalue weighted by atomic mass is 9.84. The Labute approximate surface area is 513 Å². The number of para-hydroxylation sites is 1. The molecule has 22 N–H and O–H groups in total. The van der Waals surface area contributed by atoms with E-state index in [1.807, 2.05) is 103 Å². The van der Waals surface area contributed by atoms with Gasteiger partial charge in [-0.3, -0.25) is 4.79 Å². The molecule has 89 heavy (non-hydrogen) atoms. The van der Waals surface area contributed by atoms with E-state index >= 15 is 0 Å². The fraction of sp³-hybridized carbons (Fsp3) is 0.532.